The first-order valence-electron chi connectivity index (χ1n) is 6.80. The Labute approximate surface area is 124 Å². The van der Waals surface area contributed by atoms with Gasteiger partial charge in [-0.1, -0.05) is 23.8 Å². The van der Waals surface area contributed by atoms with Crippen molar-refractivity contribution in [1.29, 1.82) is 0 Å². The summed E-state index contributed by atoms with van der Waals surface area (Å²) in [5.41, 5.74) is 9.94. The Kier molecular flexibility index (Phi) is 4.60. The highest BCUT2D eigenvalue weighted by atomic mass is 16.5. The third-order valence-corrected chi connectivity index (χ3v) is 3.38. The molecule has 3 N–H and O–H groups in total. The molecule has 0 aliphatic carbocycles. The zero-order valence-corrected chi connectivity index (χ0v) is 12.6. The molecule has 0 saturated heterocycles. The topological polar surface area (TPSA) is 64.3 Å². The highest BCUT2D eigenvalue weighted by molar-refractivity contribution is 6.06. The standard InChI is InChI=1S/C17H20N2O2/c1-11-4-6-14(12(2)8-11)17(20)19-15-7-5-13(10-18)9-16(15)21-3/h4-9H,10,18H2,1-3H3,(H,19,20). The average molecular weight is 284 g/mol. The minimum absolute atomic E-state index is 0.147. The Morgan fingerprint density at radius 3 is 2.57 bits per heavy atom. The Hall–Kier alpha value is -2.33. The van der Waals surface area contributed by atoms with Crippen LogP contribution in [-0.2, 0) is 6.54 Å². The van der Waals surface area contributed by atoms with Crippen LogP contribution in [0.2, 0.25) is 0 Å². The number of aryl methyl sites for hydroxylation is 2. The number of ether oxygens (including phenoxy) is 1. The lowest BCUT2D eigenvalue weighted by Crippen LogP contribution is -2.14. The van der Waals surface area contributed by atoms with Crippen LogP contribution in [0.25, 0.3) is 0 Å². The summed E-state index contributed by atoms with van der Waals surface area (Å²) in [7, 11) is 1.57. The van der Waals surface area contributed by atoms with Gasteiger partial charge in [0.15, 0.2) is 0 Å². The van der Waals surface area contributed by atoms with Gasteiger partial charge in [-0.15, -0.1) is 0 Å². The summed E-state index contributed by atoms with van der Waals surface area (Å²) < 4.78 is 5.30. The molecule has 0 unspecified atom stereocenters. The van der Waals surface area contributed by atoms with Crippen LogP contribution in [0.5, 0.6) is 5.75 Å². The van der Waals surface area contributed by atoms with Crippen molar-refractivity contribution in [3.05, 3.63) is 58.7 Å². The fourth-order valence-corrected chi connectivity index (χ4v) is 2.22. The van der Waals surface area contributed by atoms with E-state index < -0.39 is 0 Å². The van der Waals surface area contributed by atoms with Crippen molar-refractivity contribution in [2.45, 2.75) is 20.4 Å². The van der Waals surface area contributed by atoms with Gasteiger partial charge in [0, 0.05) is 12.1 Å². The highest BCUT2D eigenvalue weighted by Crippen LogP contribution is 2.26. The maximum Gasteiger partial charge on any atom is 0.256 e. The van der Waals surface area contributed by atoms with Crippen molar-refractivity contribution in [1.82, 2.24) is 0 Å². The largest absolute Gasteiger partial charge is 0.495 e. The molecule has 0 saturated carbocycles. The molecule has 0 aliphatic rings. The van der Waals surface area contributed by atoms with Crippen LogP contribution in [0.15, 0.2) is 36.4 Å². The van der Waals surface area contributed by atoms with Crippen molar-refractivity contribution >= 4 is 11.6 Å². The molecule has 0 spiro atoms. The third-order valence-electron chi connectivity index (χ3n) is 3.38. The van der Waals surface area contributed by atoms with Crippen LogP contribution in [0, 0.1) is 13.8 Å². The molecule has 0 fully saturated rings. The average Bonchev–Trinajstić information content (AvgIpc) is 2.47. The van der Waals surface area contributed by atoms with Crippen molar-refractivity contribution in [3.8, 4) is 5.75 Å². The molecule has 2 aromatic carbocycles. The molecule has 2 rings (SSSR count). The fraction of sp³-hybridized carbons (Fsp3) is 0.235. The second-order valence-corrected chi connectivity index (χ2v) is 5.01. The quantitative estimate of drug-likeness (QED) is 0.907. The normalized spacial score (nSPS) is 10.3. The molecule has 0 aromatic heterocycles. The number of anilines is 1. The van der Waals surface area contributed by atoms with Gasteiger partial charge in [-0.05, 0) is 43.2 Å². The number of carbonyl (C=O) groups is 1. The van der Waals surface area contributed by atoms with Crippen LogP contribution in [0.4, 0.5) is 5.69 Å². The minimum Gasteiger partial charge on any atom is -0.495 e. The van der Waals surface area contributed by atoms with Gasteiger partial charge < -0.3 is 15.8 Å². The van der Waals surface area contributed by atoms with E-state index in [0.29, 0.717) is 23.5 Å². The lowest BCUT2D eigenvalue weighted by molar-refractivity contribution is 0.102. The summed E-state index contributed by atoms with van der Waals surface area (Å²) in [6.07, 6.45) is 0. The summed E-state index contributed by atoms with van der Waals surface area (Å²) >= 11 is 0. The predicted octanol–water partition coefficient (Wildman–Crippen LogP) is 3.02. The summed E-state index contributed by atoms with van der Waals surface area (Å²) in [5, 5.41) is 2.88. The van der Waals surface area contributed by atoms with Crippen molar-refractivity contribution < 1.29 is 9.53 Å². The number of carbonyl (C=O) groups excluding carboxylic acids is 1. The first-order chi connectivity index (χ1) is 10.0. The molecule has 0 radical (unpaired) electrons. The van der Waals surface area contributed by atoms with E-state index in [1.807, 2.05) is 50.2 Å². The van der Waals surface area contributed by atoms with Crippen molar-refractivity contribution in [2.24, 2.45) is 5.73 Å². The van der Waals surface area contributed by atoms with E-state index in [0.717, 1.165) is 16.7 Å². The third kappa shape index (κ3) is 3.41. The minimum atomic E-state index is -0.147. The number of amides is 1. The number of benzene rings is 2. The smallest absolute Gasteiger partial charge is 0.256 e. The molecule has 0 heterocycles. The van der Waals surface area contributed by atoms with E-state index >= 15 is 0 Å². The van der Waals surface area contributed by atoms with Crippen LogP contribution < -0.4 is 15.8 Å². The van der Waals surface area contributed by atoms with Crippen LogP contribution in [0.1, 0.15) is 27.0 Å². The summed E-state index contributed by atoms with van der Waals surface area (Å²) in [6.45, 7) is 4.36. The zero-order valence-electron chi connectivity index (χ0n) is 12.6. The fourth-order valence-electron chi connectivity index (χ4n) is 2.22. The molecule has 1 amide bonds. The Balaban J connectivity index is 2.27. The number of nitrogens with one attached hydrogen (secondary N) is 1. The maximum absolute atomic E-state index is 12.4. The lowest BCUT2D eigenvalue weighted by atomic mass is 10.0. The maximum atomic E-state index is 12.4. The summed E-state index contributed by atoms with van der Waals surface area (Å²) in [6, 6.07) is 11.3. The molecule has 0 aliphatic heterocycles. The van der Waals surface area contributed by atoms with Gasteiger partial charge in [-0.3, -0.25) is 4.79 Å². The number of rotatable bonds is 4. The second-order valence-electron chi connectivity index (χ2n) is 5.01. The molecule has 0 bridgehead atoms. The Morgan fingerprint density at radius 2 is 1.95 bits per heavy atom. The van der Waals surface area contributed by atoms with Crippen LogP contribution in [0.3, 0.4) is 0 Å². The van der Waals surface area contributed by atoms with Crippen LogP contribution >= 0.6 is 0 Å². The molecular weight excluding hydrogens is 264 g/mol. The van der Waals surface area contributed by atoms with Crippen molar-refractivity contribution in [3.63, 3.8) is 0 Å². The predicted molar refractivity (Wildman–Crippen MR) is 84.8 cm³/mol. The lowest BCUT2D eigenvalue weighted by Gasteiger charge is -2.12. The van der Waals surface area contributed by atoms with E-state index in [2.05, 4.69) is 5.32 Å². The second kappa shape index (κ2) is 6.41. The van der Waals surface area contributed by atoms with Gasteiger partial charge >= 0.3 is 0 Å². The van der Waals surface area contributed by atoms with E-state index in [1.54, 1.807) is 7.11 Å². The molecule has 4 nitrogen and oxygen atoms in total. The van der Waals surface area contributed by atoms with Gasteiger partial charge in [0.2, 0.25) is 0 Å². The highest BCUT2D eigenvalue weighted by Gasteiger charge is 2.12. The molecule has 21 heavy (non-hydrogen) atoms. The van der Waals surface area contributed by atoms with Gasteiger partial charge in [-0.2, -0.15) is 0 Å². The number of methoxy groups -OCH3 is 1. The SMILES string of the molecule is COc1cc(CN)ccc1NC(=O)c1ccc(C)cc1C. The Bertz CT molecular complexity index is 666. The number of hydrogen-bond acceptors (Lipinski definition) is 3. The zero-order chi connectivity index (χ0) is 15.4. The monoisotopic (exact) mass is 284 g/mol. The summed E-state index contributed by atoms with van der Waals surface area (Å²) in [5.74, 6) is 0.461. The van der Waals surface area contributed by atoms with E-state index in [-0.39, 0.29) is 5.91 Å². The number of hydrogen-bond donors (Lipinski definition) is 2. The molecule has 0 atom stereocenters. The first kappa shape index (κ1) is 15.1. The van der Waals surface area contributed by atoms with E-state index in [1.165, 1.54) is 0 Å². The van der Waals surface area contributed by atoms with Gasteiger partial charge in [-0.25, -0.2) is 0 Å². The van der Waals surface area contributed by atoms with Crippen LogP contribution in [-0.4, -0.2) is 13.0 Å². The van der Waals surface area contributed by atoms with E-state index in [9.17, 15) is 4.79 Å². The first-order valence-corrected chi connectivity index (χ1v) is 6.80. The molecule has 110 valence electrons. The van der Waals surface area contributed by atoms with Gasteiger partial charge in [0.1, 0.15) is 5.75 Å². The molecule has 2 aromatic rings. The summed E-state index contributed by atoms with van der Waals surface area (Å²) in [4.78, 5) is 12.4. The van der Waals surface area contributed by atoms with Crippen molar-refractivity contribution in [2.75, 3.05) is 12.4 Å². The van der Waals surface area contributed by atoms with Gasteiger partial charge in [0.25, 0.3) is 5.91 Å². The van der Waals surface area contributed by atoms with Gasteiger partial charge in [0.05, 0.1) is 12.8 Å². The Morgan fingerprint density at radius 1 is 1.19 bits per heavy atom. The molecule has 4 heteroatoms. The van der Waals surface area contributed by atoms with E-state index in [4.69, 9.17) is 10.5 Å². The number of nitrogens with two attached hydrogens (primary N) is 1. The molecular formula is C17H20N2O2.